The molecule has 2 rings (SSSR count). The Kier molecular flexibility index (Phi) is 3.59. The van der Waals surface area contributed by atoms with Crippen LogP contribution < -0.4 is 0 Å². The summed E-state index contributed by atoms with van der Waals surface area (Å²) in [6.45, 7) is 3.27. The second-order valence-corrected chi connectivity index (χ2v) is 5.67. The molecule has 0 fully saturated rings. The lowest BCUT2D eigenvalue weighted by Crippen LogP contribution is -1.99. The minimum absolute atomic E-state index is 0.144. The van der Waals surface area contributed by atoms with Crippen LogP contribution >= 0.6 is 23.1 Å². The summed E-state index contributed by atoms with van der Waals surface area (Å²) >= 11 is 2.81. The Labute approximate surface area is 107 Å². The predicted octanol–water partition coefficient (Wildman–Crippen LogP) is 3.94. The van der Waals surface area contributed by atoms with Crippen LogP contribution in [0.15, 0.2) is 32.8 Å². The van der Waals surface area contributed by atoms with E-state index in [1.54, 1.807) is 12.1 Å². The third kappa shape index (κ3) is 2.73. The fraction of sp³-hybridized carbons (Fsp3) is 0.167. The molecule has 2 nitrogen and oxygen atoms in total. The van der Waals surface area contributed by atoms with E-state index >= 15 is 0 Å². The average molecular weight is 267 g/mol. The van der Waals surface area contributed by atoms with Gasteiger partial charge in [0.15, 0.2) is 10.1 Å². The highest BCUT2D eigenvalue weighted by Gasteiger charge is 2.14. The molecule has 1 aromatic heterocycles. The number of halogens is 1. The van der Waals surface area contributed by atoms with Crippen molar-refractivity contribution in [2.24, 2.45) is 0 Å². The van der Waals surface area contributed by atoms with Crippen LogP contribution in [-0.2, 0) is 0 Å². The number of nitrogens with zero attached hydrogens (tertiary/aromatic N) is 1. The Morgan fingerprint density at radius 1 is 1.47 bits per heavy atom. The summed E-state index contributed by atoms with van der Waals surface area (Å²) in [4.78, 5) is 16.3. The minimum atomic E-state index is -0.476. The highest BCUT2D eigenvalue weighted by Crippen LogP contribution is 2.33. The van der Waals surface area contributed by atoms with Crippen LogP contribution in [0.25, 0.3) is 0 Å². The zero-order valence-corrected chi connectivity index (χ0v) is 11.0. The van der Waals surface area contributed by atoms with Gasteiger partial charge in [0.25, 0.3) is 0 Å². The summed E-state index contributed by atoms with van der Waals surface area (Å²) < 4.78 is 14.4. The van der Waals surface area contributed by atoms with Crippen LogP contribution in [0.3, 0.4) is 0 Å². The van der Waals surface area contributed by atoms with Crippen molar-refractivity contribution in [2.75, 3.05) is 0 Å². The van der Waals surface area contributed by atoms with Gasteiger partial charge in [-0.05, 0) is 26.0 Å². The zero-order valence-electron chi connectivity index (χ0n) is 9.36. The van der Waals surface area contributed by atoms with Crippen LogP contribution in [-0.4, -0.2) is 10.8 Å². The van der Waals surface area contributed by atoms with E-state index in [0.717, 1.165) is 10.0 Å². The first-order chi connectivity index (χ1) is 8.08. The molecule has 1 aromatic carbocycles. The number of carbonyl (C=O) groups is 1. The Hall–Kier alpha value is -1.20. The van der Waals surface area contributed by atoms with Crippen molar-refractivity contribution in [3.05, 3.63) is 40.7 Å². The number of aromatic nitrogens is 1. The first kappa shape index (κ1) is 12.3. The van der Waals surface area contributed by atoms with Crippen molar-refractivity contribution in [2.45, 2.75) is 23.1 Å². The van der Waals surface area contributed by atoms with E-state index < -0.39 is 5.82 Å². The monoisotopic (exact) mass is 267 g/mol. The van der Waals surface area contributed by atoms with Crippen molar-refractivity contribution < 1.29 is 9.18 Å². The number of benzene rings is 1. The molecule has 0 amide bonds. The summed E-state index contributed by atoms with van der Waals surface area (Å²) in [6.07, 6.45) is 0. The van der Waals surface area contributed by atoms with Crippen molar-refractivity contribution in [1.29, 1.82) is 0 Å². The maximum Gasteiger partial charge on any atom is 0.163 e. The number of hydrogen-bond acceptors (Lipinski definition) is 4. The molecule has 1 heterocycles. The molecule has 0 saturated heterocycles. The highest BCUT2D eigenvalue weighted by atomic mass is 32.2. The van der Waals surface area contributed by atoms with Crippen LogP contribution in [0.2, 0.25) is 0 Å². The largest absolute Gasteiger partial charge is 0.294 e. The Morgan fingerprint density at radius 3 is 2.82 bits per heavy atom. The highest BCUT2D eigenvalue weighted by molar-refractivity contribution is 8.01. The van der Waals surface area contributed by atoms with E-state index in [-0.39, 0.29) is 11.3 Å². The second kappa shape index (κ2) is 4.98. The summed E-state index contributed by atoms with van der Waals surface area (Å²) in [5, 5.41) is 1.93. The van der Waals surface area contributed by atoms with Crippen molar-refractivity contribution in [3.8, 4) is 0 Å². The molecular formula is C12H10FNOS2. The third-order valence-electron chi connectivity index (χ3n) is 2.12. The van der Waals surface area contributed by atoms with Crippen LogP contribution in [0.5, 0.6) is 0 Å². The molecule has 5 heteroatoms. The van der Waals surface area contributed by atoms with Crippen LogP contribution in [0.4, 0.5) is 4.39 Å². The standard InChI is InChI=1S/C12H10FNOS2/c1-7-6-16-12(14-7)17-10-5-3-4-9(13)11(10)8(2)15/h3-6H,1-2H3. The lowest BCUT2D eigenvalue weighted by atomic mass is 10.1. The molecule has 0 aliphatic rings. The van der Waals surface area contributed by atoms with E-state index in [1.165, 1.54) is 36.1 Å². The number of Topliss-reactive ketones (excluding diaryl/α,β-unsaturated/α-hetero) is 1. The molecule has 0 unspecified atom stereocenters. The van der Waals surface area contributed by atoms with Crippen molar-refractivity contribution >= 4 is 28.9 Å². The van der Waals surface area contributed by atoms with Crippen LogP contribution in [0, 0.1) is 12.7 Å². The molecule has 17 heavy (non-hydrogen) atoms. The Morgan fingerprint density at radius 2 is 2.24 bits per heavy atom. The van der Waals surface area contributed by atoms with Gasteiger partial charge in [-0.1, -0.05) is 17.8 Å². The smallest absolute Gasteiger partial charge is 0.163 e. The van der Waals surface area contributed by atoms with E-state index in [1.807, 2.05) is 12.3 Å². The molecule has 0 atom stereocenters. The first-order valence-corrected chi connectivity index (χ1v) is 6.67. The topological polar surface area (TPSA) is 30.0 Å². The Balaban J connectivity index is 2.39. The maximum atomic E-state index is 13.6. The number of ketones is 1. The van der Waals surface area contributed by atoms with Crippen molar-refractivity contribution in [3.63, 3.8) is 0 Å². The number of carbonyl (C=O) groups excluding carboxylic acids is 1. The summed E-state index contributed by atoms with van der Waals surface area (Å²) in [5.74, 6) is -0.741. The molecule has 0 bridgehead atoms. The lowest BCUT2D eigenvalue weighted by molar-refractivity contribution is 0.101. The number of rotatable bonds is 3. The molecule has 0 radical (unpaired) electrons. The molecule has 0 aliphatic heterocycles. The van der Waals surface area contributed by atoms with Gasteiger partial charge in [0.2, 0.25) is 0 Å². The van der Waals surface area contributed by atoms with E-state index in [2.05, 4.69) is 4.98 Å². The van der Waals surface area contributed by atoms with E-state index in [0.29, 0.717) is 4.90 Å². The molecule has 2 aromatic rings. The van der Waals surface area contributed by atoms with Gasteiger partial charge in [-0.15, -0.1) is 11.3 Å². The van der Waals surface area contributed by atoms with Crippen LogP contribution in [0.1, 0.15) is 23.0 Å². The molecule has 0 N–H and O–H groups in total. The fourth-order valence-corrected chi connectivity index (χ4v) is 3.40. The van der Waals surface area contributed by atoms with Gasteiger partial charge in [-0.25, -0.2) is 9.37 Å². The average Bonchev–Trinajstić information content (AvgIpc) is 2.63. The van der Waals surface area contributed by atoms with E-state index in [9.17, 15) is 9.18 Å². The van der Waals surface area contributed by atoms with E-state index in [4.69, 9.17) is 0 Å². The number of aryl methyl sites for hydroxylation is 1. The summed E-state index contributed by atoms with van der Waals surface area (Å²) in [5.41, 5.74) is 1.07. The second-order valence-electron chi connectivity index (χ2n) is 3.53. The zero-order chi connectivity index (χ0) is 12.4. The number of thiazole rings is 1. The summed E-state index contributed by atoms with van der Waals surface area (Å²) in [7, 11) is 0. The lowest BCUT2D eigenvalue weighted by Gasteiger charge is -2.05. The fourth-order valence-electron chi connectivity index (χ4n) is 1.40. The van der Waals surface area contributed by atoms with Gasteiger partial charge in [-0.3, -0.25) is 4.79 Å². The predicted molar refractivity (Wildman–Crippen MR) is 67.4 cm³/mol. The summed E-state index contributed by atoms with van der Waals surface area (Å²) in [6, 6.07) is 4.64. The molecule has 0 spiro atoms. The van der Waals surface area contributed by atoms with Crippen molar-refractivity contribution in [1.82, 2.24) is 4.98 Å². The third-order valence-corrected chi connectivity index (χ3v) is 4.24. The van der Waals surface area contributed by atoms with Gasteiger partial charge >= 0.3 is 0 Å². The van der Waals surface area contributed by atoms with Gasteiger partial charge in [0.05, 0.1) is 5.56 Å². The van der Waals surface area contributed by atoms with Gasteiger partial charge in [0.1, 0.15) is 5.82 Å². The quantitative estimate of drug-likeness (QED) is 0.789. The SMILES string of the molecule is CC(=O)c1c(F)cccc1Sc1nc(C)cs1. The van der Waals surface area contributed by atoms with Gasteiger partial charge in [0, 0.05) is 16.0 Å². The molecular weight excluding hydrogens is 257 g/mol. The van der Waals surface area contributed by atoms with Gasteiger partial charge < -0.3 is 0 Å². The maximum absolute atomic E-state index is 13.6. The Bertz CT molecular complexity index is 565. The molecule has 0 aliphatic carbocycles. The molecule has 0 saturated carbocycles. The number of hydrogen-bond donors (Lipinski definition) is 0. The normalized spacial score (nSPS) is 10.5. The molecule has 88 valence electrons. The minimum Gasteiger partial charge on any atom is -0.294 e. The van der Waals surface area contributed by atoms with Gasteiger partial charge in [-0.2, -0.15) is 0 Å². The first-order valence-electron chi connectivity index (χ1n) is 4.97.